The number of anilines is 1. The zero-order chi connectivity index (χ0) is 27.6. The quantitative estimate of drug-likeness (QED) is 0.357. The van der Waals surface area contributed by atoms with Gasteiger partial charge in [0.25, 0.3) is 0 Å². The third kappa shape index (κ3) is 7.42. The highest BCUT2D eigenvalue weighted by Crippen LogP contribution is 2.43. The standard InChI is InChI=1S/C35H47N3O2/c39-33(36-30-14-5-2-1-3-6-15-30)19-11-20-34(40)38(31-16-7-4-8-17-31)26-12-25-37-27-23-35(24-28-37)22-21-29-13-9-10-18-32(29)35/h4,7-10,13,16-18,21-22,30H,1-3,5-6,11-12,14-15,19-20,23-28H2,(H,36,39). The Kier molecular flexibility index (Phi) is 10.1. The number of para-hydroxylation sites is 1. The number of hydrogen-bond donors (Lipinski definition) is 1. The topological polar surface area (TPSA) is 52.7 Å². The van der Waals surface area contributed by atoms with Crippen LogP contribution in [-0.4, -0.2) is 48.9 Å². The van der Waals surface area contributed by atoms with E-state index in [1.165, 1.54) is 43.2 Å². The fourth-order valence-corrected chi connectivity index (χ4v) is 6.94. The van der Waals surface area contributed by atoms with Crippen LogP contribution >= 0.6 is 0 Å². The Morgan fingerprint density at radius 1 is 0.850 bits per heavy atom. The van der Waals surface area contributed by atoms with Crippen LogP contribution in [0.3, 0.4) is 0 Å². The van der Waals surface area contributed by atoms with Gasteiger partial charge in [0, 0.05) is 36.5 Å². The first-order valence-electron chi connectivity index (χ1n) is 15.8. The monoisotopic (exact) mass is 541 g/mol. The van der Waals surface area contributed by atoms with E-state index in [-0.39, 0.29) is 17.2 Å². The van der Waals surface area contributed by atoms with Crippen molar-refractivity contribution >= 4 is 23.6 Å². The lowest BCUT2D eigenvalue weighted by atomic mass is 9.74. The second-order valence-corrected chi connectivity index (χ2v) is 12.1. The third-order valence-electron chi connectivity index (χ3n) is 9.32. The molecule has 1 heterocycles. The second-order valence-electron chi connectivity index (χ2n) is 12.1. The van der Waals surface area contributed by atoms with E-state index in [1.54, 1.807) is 0 Å². The molecule has 0 atom stereocenters. The number of nitrogens with one attached hydrogen (secondary N) is 1. The van der Waals surface area contributed by atoms with Crippen molar-refractivity contribution in [1.82, 2.24) is 10.2 Å². The molecule has 5 nitrogen and oxygen atoms in total. The van der Waals surface area contributed by atoms with E-state index < -0.39 is 0 Å². The average Bonchev–Trinajstić information content (AvgIpc) is 3.32. The number of amides is 2. The molecule has 1 saturated heterocycles. The van der Waals surface area contributed by atoms with Crippen LogP contribution in [0.5, 0.6) is 0 Å². The van der Waals surface area contributed by atoms with Gasteiger partial charge in [0.2, 0.25) is 11.8 Å². The summed E-state index contributed by atoms with van der Waals surface area (Å²) in [6.07, 6.45) is 17.9. The van der Waals surface area contributed by atoms with Gasteiger partial charge in [-0.3, -0.25) is 9.59 Å². The Balaban J connectivity index is 1.07. The maximum atomic E-state index is 13.3. The molecule has 0 bridgehead atoms. The largest absolute Gasteiger partial charge is 0.353 e. The number of carbonyl (C=O) groups is 2. The van der Waals surface area contributed by atoms with Gasteiger partial charge in [0.05, 0.1) is 0 Å². The van der Waals surface area contributed by atoms with Gasteiger partial charge in [-0.15, -0.1) is 0 Å². The van der Waals surface area contributed by atoms with Gasteiger partial charge >= 0.3 is 0 Å². The molecule has 0 radical (unpaired) electrons. The summed E-state index contributed by atoms with van der Waals surface area (Å²) in [6.45, 7) is 3.89. The van der Waals surface area contributed by atoms with Crippen LogP contribution in [0.2, 0.25) is 0 Å². The first-order valence-corrected chi connectivity index (χ1v) is 15.8. The van der Waals surface area contributed by atoms with Crippen LogP contribution in [0, 0.1) is 0 Å². The van der Waals surface area contributed by atoms with Crippen LogP contribution in [0.4, 0.5) is 5.69 Å². The fraction of sp³-hybridized carbons (Fsp3) is 0.543. The number of nitrogens with zero attached hydrogens (tertiary/aromatic N) is 2. The average molecular weight is 542 g/mol. The number of likely N-dealkylation sites (tertiary alicyclic amines) is 1. The highest BCUT2D eigenvalue weighted by molar-refractivity contribution is 5.93. The molecule has 1 saturated carbocycles. The highest BCUT2D eigenvalue weighted by Gasteiger charge is 2.37. The molecule has 214 valence electrons. The third-order valence-corrected chi connectivity index (χ3v) is 9.32. The Morgan fingerprint density at radius 3 is 2.33 bits per heavy atom. The van der Waals surface area contributed by atoms with Crippen LogP contribution in [0.1, 0.15) is 94.6 Å². The predicted molar refractivity (Wildman–Crippen MR) is 164 cm³/mol. The zero-order valence-electron chi connectivity index (χ0n) is 24.2. The van der Waals surface area contributed by atoms with Crippen molar-refractivity contribution in [3.05, 3.63) is 71.8 Å². The Hall–Kier alpha value is -2.92. The van der Waals surface area contributed by atoms with Gasteiger partial charge in [0.15, 0.2) is 0 Å². The number of carbonyl (C=O) groups excluding carboxylic acids is 2. The summed E-state index contributed by atoms with van der Waals surface area (Å²) in [4.78, 5) is 30.4. The van der Waals surface area contributed by atoms with Crippen molar-refractivity contribution in [2.75, 3.05) is 31.1 Å². The van der Waals surface area contributed by atoms with Crippen molar-refractivity contribution < 1.29 is 9.59 Å². The molecule has 1 aliphatic heterocycles. The molecule has 3 aliphatic rings. The van der Waals surface area contributed by atoms with Crippen LogP contribution in [-0.2, 0) is 15.0 Å². The van der Waals surface area contributed by atoms with Gasteiger partial charge < -0.3 is 15.1 Å². The van der Waals surface area contributed by atoms with E-state index in [0.717, 1.165) is 57.4 Å². The zero-order valence-corrected chi connectivity index (χ0v) is 24.2. The normalized spacial score (nSPS) is 19.1. The van der Waals surface area contributed by atoms with Gasteiger partial charge in [0.1, 0.15) is 0 Å². The van der Waals surface area contributed by atoms with Gasteiger partial charge in [-0.1, -0.05) is 86.7 Å². The van der Waals surface area contributed by atoms with Gasteiger partial charge in [-0.2, -0.15) is 0 Å². The first-order chi connectivity index (χ1) is 19.6. The summed E-state index contributed by atoms with van der Waals surface area (Å²) in [5, 5.41) is 3.24. The minimum Gasteiger partial charge on any atom is -0.353 e. The Labute approximate surface area is 241 Å². The number of piperidine rings is 1. The van der Waals surface area contributed by atoms with E-state index in [0.29, 0.717) is 31.8 Å². The maximum absolute atomic E-state index is 13.3. The van der Waals surface area contributed by atoms with Crippen molar-refractivity contribution in [3.8, 4) is 0 Å². The molecule has 1 spiro atoms. The van der Waals surface area contributed by atoms with E-state index in [2.05, 4.69) is 46.6 Å². The first kappa shape index (κ1) is 28.6. The minimum absolute atomic E-state index is 0.104. The number of hydrogen-bond acceptors (Lipinski definition) is 3. The van der Waals surface area contributed by atoms with Crippen LogP contribution in [0.15, 0.2) is 60.7 Å². The van der Waals surface area contributed by atoms with E-state index in [9.17, 15) is 9.59 Å². The van der Waals surface area contributed by atoms with Crippen molar-refractivity contribution in [1.29, 1.82) is 0 Å². The van der Waals surface area contributed by atoms with E-state index in [4.69, 9.17) is 0 Å². The molecule has 2 fully saturated rings. The fourth-order valence-electron chi connectivity index (χ4n) is 6.94. The summed E-state index contributed by atoms with van der Waals surface area (Å²) in [7, 11) is 0. The smallest absolute Gasteiger partial charge is 0.226 e. The molecule has 40 heavy (non-hydrogen) atoms. The molecular weight excluding hydrogens is 494 g/mol. The number of benzene rings is 2. The molecular formula is C35H47N3O2. The Morgan fingerprint density at radius 2 is 1.55 bits per heavy atom. The van der Waals surface area contributed by atoms with E-state index in [1.807, 2.05) is 35.2 Å². The van der Waals surface area contributed by atoms with Crippen molar-refractivity contribution in [2.45, 2.75) is 94.9 Å². The highest BCUT2D eigenvalue weighted by atomic mass is 16.2. The lowest BCUT2D eigenvalue weighted by Gasteiger charge is -2.39. The molecule has 2 amide bonds. The molecule has 5 heteroatoms. The van der Waals surface area contributed by atoms with Crippen molar-refractivity contribution in [3.63, 3.8) is 0 Å². The lowest BCUT2D eigenvalue weighted by Crippen LogP contribution is -2.42. The van der Waals surface area contributed by atoms with Gasteiger partial charge in [-0.25, -0.2) is 0 Å². The Bertz CT molecular complexity index is 1130. The molecule has 2 aromatic carbocycles. The van der Waals surface area contributed by atoms with E-state index >= 15 is 0 Å². The molecule has 1 N–H and O–H groups in total. The van der Waals surface area contributed by atoms with Gasteiger partial charge in [-0.05, 0) is 81.4 Å². The summed E-state index contributed by atoms with van der Waals surface area (Å²) < 4.78 is 0. The molecule has 2 aliphatic carbocycles. The number of fused-ring (bicyclic) bond motifs is 2. The van der Waals surface area contributed by atoms with Crippen LogP contribution in [0.25, 0.3) is 6.08 Å². The molecule has 0 aromatic heterocycles. The molecule has 2 aromatic rings. The van der Waals surface area contributed by atoms with Crippen LogP contribution < -0.4 is 10.2 Å². The molecule has 0 unspecified atom stereocenters. The maximum Gasteiger partial charge on any atom is 0.226 e. The summed E-state index contributed by atoms with van der Waals surface area (Å²) in [5.74, 6) is 0.225. The number of rotatable bonds is 10. The summed E-state index contributed by atoms with van der Waals surface area (Å²) >= 11 is 0. The minimum atomic E-state index is 0.104. The lowest BCUT2D eigenvalue weighted by molar-refractivity contribution is -0.122. The SMILES string of the molecule is O=C(CCCC(=O)N(CCCN1CCC2(C=Cc3ccccc32)CC1)c1ccccc1)NC1CCCCCCC1. The predicted octanol–water partition coefficient (Wildman–Crippen LogP) is 6.87. The number of allylic oxidation sites excluding steroid dienone is 1. The summed E-state index contributed by atoms with van der Waals surface area (Å²) in [5.41, 5.74) is 4.04. The summed E-state index contributed by atoms with van der Waals surface area (Å²) in [6, 6.07) is 19.2. The molecule has 5 rings (SSSR count). The second kappa shape index (κ2) is 14.1. The van der Waals surface area contributed by atoms with Crippen molar-refractivity contribution in [2.24, 2.45) is 0 Å².